The Morgan fingerprint density at radius 1 is 1.43 bits per heavy atom. The van der Waals surface area contributed by atoms with Crippen LogP contribution < -0.4 is 10.6 Å². The molecule has 1 fully saturated rings. The predicted molar refractivity (Wildman–Crippen MR) is 53.9 cm³/mol. The number of rotatable bonds is 1. The topological polar surface area (TPSA) is 75.3 Å². The molecule has 3 N–H and O–H groups in total. The monoisotopic (exact) mass is 194 g/mol. The third kappa shape index (κ3) is 1.93. The molecule has 2 rings (SSSR count). The molecule has 2 heterocycles. The highest BCUT2D eigenvalue weighted by atomic mass is 16.3. The average molecular weight is 194 g/mol. The van der Waals surface area contributed by atoms with Crippen molar-refractivity contribution in [1.29, 1.82) is 0 Å². The summed E-state index contributed by atoms with van der Waals surface area (Å²) in [5.74, 6) is 1.21. The van der Waals surface area contributed by atoms with Crippen LogP contribution in [0.3, 0.4) is 0 Å². The van der Waals surface area contributed by atoms with Crippen molar-refractivity contribution >= 4 is 11.6 Å². The van der Waals surface area contributed by atoms with Gasteiger partial charge < -0.3 is 15.7 Å². The molecule has 1 aromatic heterocycles. The minimum absolute atomic E-state index is 0.247. The zero-order valence-electron chi connectivity index (χ0n) is 7.93. The summed E-state index contributed by atoms with van der Waals surface area (Å²) in [6.45, 7) is 1.56. The molecule has 14 heavy (non-hydrogen) atoms. The first-order valence-electron chi connectivity index (χ1n) is 4.78. The average Bonchev–Trinajstić information content (AvgIpc) is 2.19. The van der Waals surface area contributed by atoms with E-state index in [-0.39, 0.29) is 6.10 Å². The second-order valence-corrected chi connectivity index (χ2v) is 3.56. The number of aromatic nitrogens is 2. The predicted octanol–water partition coefficient (Wildman–Crippen LogP) is 0.0199. The van der Waals surface area contributed by atoms with Crippen molar-refractivity contribution in [3.05, 3.63) is 12.1 Å². The van der Waals surface area contributed by atoms with E-state index >= 15 is 0 Å². The van der Waals surface area contributed by atoms with Crippen LogP contribution in [0.15, 0.2) is 12.1 Å². The molecule has 0 aromatic carbocycles. The van der Waals surface area contributed by atoms with Gasteiger partial charge in [0, 0.05) is 13.1 Å². The van der Waals surface area contributed by atoms with Gasteiger partial charge in [-0.3, -0.25) is 0 Å². The number of hydrogen-bond acceptors (Lipinski definition) is 5. The lowest BCUT2D eigenvalue weighted by molar-refractivity contribution is 0.154. The van der Waals surface area contributed by atoms with Crippen LogP contribution in [0, 0.1) is 0 Å². The second kappa shape index (κ2) is 3.79. The summed E-state index contributed by atoms with van der Waals surface area (Å²) in [4.78, 5) is 2.03. The number of β-amino-alcohol motifs (C(OH)–C–C–N with tert-alkyl or cyclic N) is 1. The molecule has 5 heteroatoms. The summed E-state index contributed by atoms with van der Waals surface area (Å²) < 4.78 is 0. The van der Waals surface area contributed by atoms with Crippen molar-refractivity contribution in [2.75, 3.05) is 23.7 Å². The molecule has 1 saturated heterocycles. The van der Waals surface area contributed by atoms with Crippen molar-refractivity contribution < 1.29 is 5.11 Å². The molecule has 0 radical (unpaired) electrons. The van der Waals surface area contributed by atoms with Crippen molar-refractivity contribution in [3.63, 3.8) is 0 Å². The molecule has 1 atom stereocenters. The maximum absolute atomic E-state index is 9.48. The zero-order valence-corrected chi connectivity index (χ0v) is 7.93. The van der Waals surface area contributed by atoms with Gasteiger partial charge in [-0.2, -0.15) is 0 Å². The van der Waals surface area contributed by atoms with Gasteiger partial charge >= 0.3 is 0 Å². The quantitative estimate of drug-likeness (QED) is 0.659. The SMILES string of the molecule is Nc1ccc(N2CCCC(O)C2)nn1. The number of aliphatic hydroxyl groups is 1. The minimum atomic E-state index is -0.247. The van der Waals surface area contributed by atoms with E-state index < -0.39 is 0 Å². The van der Waals surface area contributed by atoms with E-state index in [1.165, 1.54) is 0 Å². The Kier molecular flexibility index (Phi) is 2.49. The van der Waals surface area contributed by atoms with Crippen LogP contribution in [0.2, 0.25) is 0 Å². The third-order valence-electron chi connectivity index (χ3n) is 2.39. The number of hydrogen-bond donors (Lipinski definition) is 2. The van der Waals surface area contributed by atoms with Crippen molar-refractivity contribution in [1.82, 2.24) is 10.2 Å². The van der Waals surface area contributed by atoms with Crippen LogP contribution >= 0.6 is 0 Å². The van der Waals surface area contributed by atoms with Gasteiger partial charge in [-0.25, -0.2) is 0 Å². The summed E-state index contributed by atoms with van der Waals surface area (Å²) >= 11 is 0. The highest BCUT2D eigenvalue weighted by Crippen LogP contribution is 2.17. The zero-order chi connectivity index (χ0) is 9.97. The lowest BCUT2D eigenvalue weighted by atomic mass is 10.1. The Hall–Kier alpha value is -1.36. The van der Waals surface area contributed by atoms with E-state index in [0.717, 1.165) is 25.2 Å². The smallest absolute Gasteiger partial charge is 0.151 e. The first-order valence-corrected chi connectivity index (χ1v) is 4.78. The highest BCUT2D eigenvalue weighted by Gasteiger charge is 2.18. The summed E-state index contributed by atoms with van der Waals surface area (Å²) in [5.41, 5.74) is 5.44. The Morgan fingerprint density at radius 3 is 2.93 bits per heavy atom. The molecule has 0 spiro atoms. The second-order valence-electron chi connectivity index (χ2n) is 3.56. The van der Waals surface area contributed by atoms with Gasteiger partial charge in [0.05, 0.1) is 6.10 Å². The van der Waals surface area contributed by atoms with E-state index in [9.17, 15) is 5.11 Å². The normalized spacial score (nSPS) is 22.4. The molecule has 0 saturated carbocycles. The molecule has 0 amide bonds. The largest absolute Gasteiger partial charge is 0.391 e. The molecular formula is C9H14N4O. The van der Waals surface area contributed by atoms with Crippen LogP contribution in [0.5, 0.6) is 0 Å². The van der Waals surface area contributed by atoms with E-state index in [4.69, 9.17) is 5.73 Å². The molecule has 5 nitrogen and oxygen atoms in total. The van der Waals surface area contributed by atoms with Gasteiger partial charge in [0.2, 0.25) is 0 Å². The Labute approximate surface area is 82.6 Å². The Balaban J connectivity index is 2.10. The maximum Gasteiger partial charge on any atom is 0.151 e. The lowest BCUT2D eigenvalue weighted by Crippen LogP contribution is -2.38. The maximum atomic E-state index is 9.48. The molecule has 1 aliphatic heterocycles. The fourth-order valence-electron chi connectivity index (χ4n) is 1.67. The number of nitrogens with two attached hydrogens (primary N) is 1. The first kappa shape index (κ1) is 9.21. The first-order chi connectivity index (χ1) is 6.75. The molecule has 1 aliphatic rings. The third-order valence-corrected chi connectivity index (χ3v) is 2.39. The van der Waals surface area contributed by atoms with Crippen LogP contribution in [0.1, 0.15) is 12.8 Å². The van der Waals surface area contributed by atoms with Gasteiger partial charge in [0.15, 0.2) is 5.82 Å². The number of piperidine rings is 1. The summed E-state index contributed by atoms with van der Waals surface area (Å²) in [6, 6.07) is 3.56. The highest BCUT2D eigenvalue weighted by molar-refractivity contribution is 5.41. The molecule has 0 bridgehead atoms. The minimum Gasteiger partial charge on any atom is -0.391 e. The van der Waals surface area contributed by atoms with E-state index in [1.54, 1.807) is 6.07 Å². The van der Waals surface area contributed by atoms with Gasteiger partial charge in [-0.1, -0.05) is 0 Å². The fourth-order valence-corrected chi connectivity index (χ4v) is 1.67. The summed E-state index contributed by atoms with van der Waals surface area (Å²) in [5, 5.41) is 17.2. The molecule has 76 valence electrons. The van der Waals surface area contributed by atoms with Gasteiger partial charge in [0.25, 0.3) is 0 Å². The standard InChI is InChI=1S/C9H14N4O/c10-8-3-4-9(12-11-8)13-5-1-2-7(14)6-13/h3-4,7,14H,1-2,5-6H2,(H2,10,11). The Bertz CT molecular complexity index is 300. The van der Waals surface area contributed by atoms with Crippen LogP contribution in [0.25, 0.3) is 0 Å². The van der Waals surface area contributed by atoms with Crippen molar-refractivity contribution in [2.24, 2.45) is 0 Å². The lowest BCUT2D eigenvalue weighted by Gasteiger charge is -2.30. The van der Waals surface area contributed by atoms with Crippen molar-refractivity contribution in [2.45, 2.75) is 18.9 Å². The molecule has 1 aromatic rings. The molecule has 1 unspecified atom stereocenters. The molecule has 0 aliphatic carbocycles. The Morgan fingerprint density at radius 2 is 2.29 bits per heavy atom. The van der Waals surface area contributed by atoms with Gasteiger partial charge in [0.1, 0.15) is 5.82 Å². The number of anilines is 2. The summed E-state index contributed by atoms with van der Waals surface area (Å²) in [6.07, 6.45) is 1.62. The molecular weight excluding hydrogens is 180 g/mol. The number of nitrogens with zero attached hydrogens (tertiary/aromatic N) is 3. The van der Waals surface area contributed by atoms with Crippen LogP contribution in [0.4, 0.5) is 11.6 Å². The van der Waals surface area contributed by atoms with Crippen molar-refractivity contribution in [3.8, 4) is 0 Å². The van der Waals surface area contributed by atoms with E-state index in [1.807, 2.05) is 11.0 Å². The van der Waals surface area contributed by atoms with E-state index in [0.29, 0.717) is 12.4 Å². The van der Waals surface area contributed by atoms with E-state index in [2.05, 4.69) is 10.2 Å². The van der Waals surface area contributed by atoms with Crippen LogP contribution in [-0.4, -0.2) is 34.5 Å². The number of aliphatic hydroxyl groups excluding tert-OH is 1. The fraction of sp³-hybridized carbons (Fsp3) is 0.556. The van der Waals surface area contributed by atoms with Crippen LogP contribution in [-0.2, 0) is 0 Å². The number of nitrogen functional groups attached to an aromatic ring is 1. The summed E-state index contributed by atoms with van der Waals surface area (Å²) in [7, 11) is 0. The van der Waals surface area contributed by atoms with Gasteiger partial charge in [-0.15, -0.1) is 10.2 Å². The van der Waals surface area contributed by atoms with Gasteiger partial charge in [-0.05, 0) is 25.0 Å².